The molecule has 0 aliphatic carbocycles. The van der Waals surface area contributed by atoms with Gasteiger partial charge in [-0.1, -0.05) is 43.7 Å². The second-order valence-corrected chi connectivity index (χ2v) is 6.21. The fourth-order valence-electron chi connectivity index (χ4n) is 3.46. The van der Waals surface area contributed by atoms with E-state index in [0.29, 0.717) is 19.1 Å². The standard InChI is InChI=1S/C18H25N3O/c1-2-16-10-6-7-12-20(16)14-18(22)21-13-11-17(19-21)15-8-4-3-5-9-15/h3-5,8-9,16H,2,6-7,10-14H2,1H3. The maximum atomic E-state index is 12.5. The maximum Gasteiger partial charge on any atom is 0.256 e. The van der Waals surface area contributed by atoms with E-state index in [1.165, 1.54) is 19.3 Å². The summed E-state index contributed by atoms with van der Waals surface area (Å²) in [7, 11) is 0. The lowest BCUT2D eigenvalue weighted by atomic mass is 10.00. The molecule has 1 unspecified atom stereocenters. The average Bonchev–Trinajstić information content (AvgIpc) is 3.06. The molecule has 1 atom stereocenters. The van der Waals surface area contributed by atoms with Gasteiger partial charge in [-0.15, -0.1) is 0 Å². The number of hydrogen-bond donors (Lipinski definition) is 0. The van der Waals surface area contributed by atoms with E-state index < -0.39 is 0 Å². The highest BCUT2D eigenvalue weighted by Gasteiger charge is 2.27. The molecule has 0 saturated carbocycles. The van der Waals surface area contributed by atoms with E-state index in [9.17, 15) is 4.79 Å². The average molecular weight is 299 g/mol. The first-order valence-electron chi connectivity index (χ1n) is 8.45. The number of carbonyl (C=O) groups excluding carboxylic acids is 1. The number of amides is 1. The van der Waals surface area contributed by atoms with Crippen molar-refractivity contribution < 1.29 is 4.79 Å². The Labute approximate surface area is 132 Å². The van der Waals surface area contributed by atoms with E-state index in [2.05, 4.69) is 29.1 Å². The normalized spacial score (nSPS) is 22.7. The molecule has 118 valence electrons. The van der Waals surface area contributed by atoms with Gasteiger partial charge in [0.05, 0.1) is 18.8 Å². The number of hydrazone groups is 1. The zero-order chi connectivity index (χ0) is 15.4. The molecule has 2 heterocycles. The number of nitrogens with zero attached hydrogens (tertiary/aromatic N) is 3. The van der Waals surface area contributed by atoms with Crippen LogP contribution in [0.4, 0.5) is 0 Å². The molecule has 0 spiro atoms. The lowest BCUT2D eigenvalue weighted by Crippen LogP contribution is -2.45. The number of carbonyl (C=O) groups is 1. The van der Waals surface area contributed by atoms with Gasteiger partial charge in [0.15, 0.2) is 0 Å². The minimum absolute atomic E-state index is 0.145. The van der Waals surface area contributed by atoms with E-state index in [0.717, 1.165) is 30.7 Å². The van der Waals surface area contributed by atoms with Crippen LogP contribution in [0.15, 0.2) is 35.4 Å². The fraction of sp³-hybridized carbons (Fsp3) is 0.556. The second-order valence-electron chi connectivity index (χ2n) is 6.21. The van der Waals surface area contributed by atoms with Crippen LogP contribution in [0.2, 0.25) is 0 Å². The Bertz CT molecular complexity index is 541. The molecule has 1 aromatic carbocycles. The van der Waals surface area contributed by atoms with Crippen molar-refractivity contribution in [1.82, 2.24) is 9.91 Å². The summed E-state index contributed by atoms with van der Waals surface area (Å²) in [6, 6.07) is 10.7. The molecular formula is C18H25N3O. The Morgan fingerprint density at radius 2 is 2.05 bits per heavy atom. The predicted molar refractivity (Wildman–Crippen MR) is 88.8 cm³/mol. The summed E-state index contributed by atoms with van der Waals surface area (Å²) in [5.41, 5.74) is 2.15. The van der Waals surface area contributed by atoms with Crippen LogP contribution in [0.3, 0.4) is 0 Å². The van der Waals surface area contributed by atoms with E-state index in [-0.39, 0.29) is 5.91 Å². The van der Waals surface area contributed by atoms with Crippen molar-refractivity contribution in [2.24, 2.45) is 5.10 Å². The third kappa shape index (κ3) is 3.38. The van der Waals surface area contributed by atoms with Crippen molar-refractivity contribution in [3.8, 4) is 0 Å². The second kappa shape index (κ2) is 7.05. The Morgan fingerprint density at radius 3 is 2.82 bits per heavy atom. The lowest BCUT2D eigenvalue weighted by Gasteiger charge is -2.35. The van der Waals surface area contributed by atoms with Crippen LogP contribution in [-0.4, -0.2) is 47.2 Å². The van der Waals surface area contributed by atoms with Gasteiger partial charge < -0.3 is 0 Å². The van der Waals surface area contributed by atoms with Crippen molar-refractivity contribution in [3.05, 3.63) is 35.9 Å². The van der Waals surface area contributed by atoms with Crippen molar-refractivity contribution in [3.63, 3.8) is 0 Å². The quantitative estimate of drug-likeness (QED) is 0.857. The van der Waals surface area contributed by atoms with Gasteiger partial charge in [-0.3, -0.25) is 9.69 Å². The fourth-order valence-corrected chi connectivity index (χ4v) is 3.46. The minimum Gasteiger partial charge on any atom is -0.291 e. The third-order valence-electron chi connectivity index (χ3n) is 4.76. The van der Waals surface area contributed by atoms with Gasteiger partial charge in [0.25, 0.3) is 5.91 Å². The van der Waals surface area contributed by atoms with Gasteiger partial charge in [0.2, 0.25) is 0 Å². The minimum atomic E-state index is 0.145. The van der Waals surface area contributed by atoms with Crippen LogP contribution in [-0.2, 0) is 4.79 Å². The molecule has 2 aliphatic heterocycles. The molecule has 1 saturated heterocycles. The lowest BCUT2D eigenvalue weighted by molar-refractivity contribution is -0.132. The summed E-state index contributed by atoms with van der Waals surface area (Å²) >= 11 is 0. The number of rotatable bonds is 4. The van der Waals surface area contributed by atoms with E-state index in [1.54, 1.807) is 5.01 Å². The largest absolute Gasteiger partial charge is 0.291 e. The van der Waals surface area contributed by atoms with Crippen molar-refractivity contribution >= 4 is 11.6 Å². The van der Waals surface area contributed by atoms with Gasteiger partial charge in [-0.25, -0.2) is 5.01 Å². The van der Waals surface area contributed by atoms with E-state index >= 15 is 0 Å². The number of piperidine rings is 1. The summed E-state index contributed by atoms with van der Waals surface area (Å²) < 4.78 is 0. The third-order valence-corrected chi connectivity index (χ3v) is 4.76. The smallest absolute Gasteiger partial charge is 0.256 e. The molecule has 4 nitrogen and oxygen atoms in total. The number of likely N-dealkylation sites (tertiary alicyclic amines) is 1. The SMILES string of the molecule is CCC1CCCCN1CC(=O)N1CCC(c2ccccc2)=N1. The molecule has 0 radical (unpaired) electrons. The van der Waals surface area contributed by atoms with Crippen LogP contribution < -0.4 is 0 Å². The molecule has 22 heavy (non-hydrogen) atoms. The Morgan fingerprint density at radius 1 is 1.23 bits per heavy atom. The topological polar surface area (TPSA) is 35.9 Å². The van der Waals surface area contributed by atoms with Crippen molar-refractivity contribution in [1.29, 1.82) is 0 Å². The van der Waals surface area contributed by atoms with Crippen molar-refractivity contribution in [2.45, 2.75) is 45.1 Å². The van der Waals surface area contributed by atoms with Crippen molar-refractivity contribution in [2.75, 3.05) is 19.6 Å². The number of hydrogen-bond acceptors (Lipinski definition) is 3. The summed E-state index contributed by atoms with van der Waals surface area (Å²) in [6.45, 7) is 4.50. The summed E-state index contributed by atoms with van der Waals surface area (Å²) in [4.78, 5) is 14.9. The van der Waals surface area contributed by atoms with Gasteiger partial charge in [-0.05, 0) is 31.4 Å². The first kappa shape index (κ1) is 15.2. The molecular weight excluding hydrogens is 274 g/mol. The van der Waals surface area contributed by atoms with E-state index in [4.69, 9.17) is 0 Å². The zero-order valence-electron chi connectivity index (χ0n) is 13.4. The van der Waals surface area contributed by atoms with Gasteiger partial charge >= 0.3 is 0 Å². The molecule has 0 N–H and O–H groups in total. The molecule has 1 fully saturated rings. The first-order chi connectivity index (χ1) is 10.8. The Hall–Kier alpha value is -1.68. The molecule has 0 bridgehead atoms. The van der Waals surface area contributed by atoms with Gasteiger partial charge in [0, 0.05) is 12.5 Å². The molecule has 4 heteroatoms. The molecule has 0 aromatic heterocycles. The summed E-state index contributed by atoms with van der Waals surface area (Å²) in [5.74, 6) is 0.145. The van der Waals surface area contributed by atoms with E-state index in [1.807, 2.05) is 18.2 Å². The molecule has 1 aromatic rings. The van der Waals surface area contributed by atoms with Crippen LogP contribution in [0.5, 0.6) is 0 Å². The molecule has 2 aliphatic rings. The van der Waals surface area contributed by atoms with Crippen LogP contribution in [0, 0.1) is 0 Å². The van der Waals surface area contributed by atoms with Crippen LogP contribution >= 0.6 is 0 Å². The molecule has 3 rings (SSSR count). The zero-order valence-corrected chi connectivity index (χ0v) is 13.4. The Kier molecular flexibility index (Phi) is 4.88. The summed E-state index contributed by atoms with van der Waals surface area (Å²) in [5, 5.41) is 6.22. The monoisotopic (exact) mass is 299 g/mol. The van der Waals surface area contributed by atoms with Crippen LogP contribution in [0.25, 0.3) is 0 Å². The Balaban J connectivity index is 1.62. The predicted octanol–water partition coefficient (Wildman–Crippen LogP) is 2.89. The maximum absolute atomic E-state index is 12.5. The van der Waals surface area contributed by atoms with Crippen LogP contribution in [0.1, 0.15) is 44.6 Å². The summed E-state index contributed by atoms with van der Waals surface area (Å²) in [6.07, 6.45) is 5.71. The highest BCUT2D eigenvalue weighted by Crippen LogP contribution is 2.20. The highest BCUT2D eigenvalue weighted by atomic mass is 16.2. The molecule has 1 amide bonds. The number of benzene rings is 1. The highest BCUT2D eigenvalue weighted by molar-refractivity contribution is 6.02. The van der Waals surface area contributed by atoms with Gasteiger partial charge in [0.1, 0.15) is 0 Å². The first-order valence-corrected chi connectivity index (χ1v) is 8.45. The van der Waals surface area contributed by atoms with Gasteiger partial charge in [-0.2, -0.15) is 5.10 Å².